The van der Waals surface area contributed by atoms with Crippen molar-refractivity contribution in [1.82, 2.24) is 19.7 Å². The first-order valence-corrected chi connectivity index (χ1v) is 11.1. The van der Waals surface area contributed by atoms with Gasteiger partial charge in [-0.3, -0.25) is 9.36 Å². The van der Waals surface area contributed by atoms with Gasteiger partial charge in [-0.15, -0.1) is 10.2 Å². The van der Waals surface area contributed by atoms with Gasteiger partial charge in [-0.05, 0) is 42.8 Å². The predicted molar refractivity (Wildman–Crippen MR) is 118 cm³/mol. The minimum atomic E-state index is -0.00682. The van der Waals surface area contributed by atoms with Crippen LogP contribution in [0.5, 0.6) is 0 Å². The molecule has 0 fully saturated rings. The molecule has 4 aromatic rings. The molecular formula is C21H19BrN4O2S. The first-order chi connectivity index (χ1) is 14.2. The van der Waals surface area contributed by atoms with Gasteiger partial charge in [0, 0.05) is 16.6 Å². The van der Waals surface area contributed by atoms with Crippen LogP contribution in [0.1, 0.15) is 25.7 Å². The summed E-state index contributed by atoms with van der Waals surface area (Å²) in [7, 11) is 0. The third kappa shape index (κ3) is 4.43. The molecule has 148 valence electrons. The molecule has 0 aliphatic heterocycles. The molecule has 0 radical (unpaired) electrons. The monoisotopic (exact) mass is 470 g/mol. The van der Waals surface area contributed by atoms with Crippen LogP contribution in [0.4, 0.5) is 0 Å². The van der Waals surface area contributed by atoms with Crippen molar-refractivity contribution < 1.29 is 4.42 Å². The van der Waals surface area contributed by atoms with E-state index in [0.717, 1.165) is 22.9 Å². The average Bonchev–Trinajstić information content (AvgIpc) is 3.21. The van der Waals surface area contributed by atoms with Gasteiger partial charge in [-0.2, -0.15) is 0 Å². The first-order valence-electron chi connectivity index (χ1n) is 9.36. The van der Waals surface area contributed by atoms with E-state index in [-0.39, 0.29) is 5.56 Å². The van der Waals surface area contributed by atoms with Crippen LogP contribution in [-0.2, 0) is 12.3 Å². The maximum absolute atomic E-state index is 12.9. The van der Waals surface area contributed by atoms with Crippen molar-refractivity contribution in [3.8, 4) is 11.5 Å². The summed E-state index contributed by atoms with van der Waals surface area (Å²) in [5, 5.41) is 9.59. The second-order valence-electron chi connectivity index (χ2n) is 6.52. The molecule has 0 saturated carbocycles. The van der Waals surface area contributed by atoms with Crippen LogP contribution in [-0.4, -0.2) is 19.7 Å². The zero-order valence-corrected chi connectivity index (χ0v) is 18.2. The molecule has 0 aliphatic rings. The van der Waals surface area contributed by atoms with Crippen molar-refractivity contribution in [3.63, 3.8) is 0 Å². The van der Waals surface area contributed by atoms with Gasteiger partial charge in [0.15, 0.2) is 5.16 Å². The van der Waals surface area contributed by atoms with E-state index >= 15 is 0 Å². The number of benzene rings is 2. The quantitative estimate of drug-likeness (QED) is 0.269. The van der Waals surface area contributed by atoms with Gasteiger partial charge < -0.3 is 4.42 Å². The Morgan fingerprint density at radius 3 is 2.69 bits per heavy atom. The van der Waals surface area contributed by atoms with Gasteiger partial charge in [-0.1, -0.05) is 53.2 Å². The summed E-state index contributed by atoms with van der Waals surface area (Å²) in [6.07, 6.45) is 1.92. The maximum Gasteiger partial charge on any atom is 0.262 e. The number of fused-ring (bicyclic) bond motifs is 1. The summed E-state index contributed by atoms with van der Waals surface area (Å²) >= 11 is 4.86. The molecule has 4 rings (SSSR count). The van der Waals surface area contributed by atoms with Crippen molar-refractivity contribution in [1.29, 1.82) is 0 Å². The minimum absolute atomic E-state index is 0.00682. The van der Waals surface area contributed by atoms with Crippen molar-refractivity contribution in [2.45, 2.75) is 37.2 Å². The number of rotatable bonds is 7. The molecule has 8 heteroatoms. The predicted octanol–water partition coefficient (Wildman–Crippen LogP) is 5.30. The Labute approximate surface area is 180 Å². The van der Waals surface area contributed by atoms with Crippen LogP contribution in [0.25, 0.3) is 22.4 Å². The van der Waals surface area contributed by atoms with E-state index < -0.39 is 0 Å². The van der Waals surface area contributed by atoms with Crippen LogP contribution in [0.2, 0.25) is 0 Å². The van der Waals surface area contributed by atoms with Gasteiger partial charge in [0.2, 0.25) is 11.8 Å². The van der Waals surface area contributed by atoms with Crippen molar-refractivity contribution >= 4 is 38.6 Å². The lowest BCUT2D eigenvalue weighted by molar-refractivity contribution is 0.526. The molecular weight excluding hydrogens is 452 g/mol. The fraction of sp³-hybridized carbons (Fsp3) is 0.238. The van der Waals surface area contributed by atoms with Crippen LogP contribution in [0.3, 0.4) is 0 Å². The summed E-state index contributed by atoms with van der Waals surface area (Å²) in [5.74, 6) is 1.42. The molecule has 0 N–H and O–H groups in total. The van der Waals surface area contributed by atoms with Crippen LogP contribution >= 0.6 is 27.7 Å². The standard InChI is InChI=1S/C21H19BrN4O2S/c1-2-3-12-26-20(27)16-6-4-5-7-17(16)23-21(26)29-13-18-24-25-19(28-18)14-8-10-15(22)11-9-14/h4-11H,2-3,12-13H2,1H3. The lowest BCUT2D eigenvalue weighted by atomic mass is 10.2. The highest BCUT2D eigenvalue weighted by molar-refractivity contribution is 9.10. The van der Waals surface area contributed by atoms with E-state index in [1.807, 2.05) is 48.5 Å². The number of aromatic nitrogens is 4. The molecule has 0 unspecified atom stereocenters. The molecule has 2 aromatic carbocycles. The summed E-state index contributed by atoms with van der Waals surface area (Å²) in [4.78, 5) is 17.6. The lowest BCUT2D eigenvalue weighted by Crippen LogP contribution is -2.23. The molecule has 0 bridgehead atoms. The highest BCUT2D eigenvalue weighted by Gasteiger charge is 2.14. The van der Waals surface area contributed by atoms with E-state index in [4.69, 9.17) is 9.40 Å². The molecule has 29 heavy (non-hydrogen) atoms. The number of unbranched alkanes of at least 4 members (excludes halogenated alkanes) is 1. The van der Waals surface area contributed by atoms with Crippen molar-refractivity contribution in [2.75, 3.05) is 0 Å². The number of para-hydroxylation sites is 1. The molecule has 0 aliphatic carbocycles. The van der Waals surface area contributed by atoms with Gasteiger partial charge in [0.25, 0.3) is 5.56 Å². The van der Waals surface area contributed by atoms with Gasteiger partial charge in [0.05, 0.1) is 16.7 Å². The molecule has 6 nitrogen and oxygen atoms in total. The van der Waals surface area contributed by atoms with E-state index in [0.29, 0.717) is 40.1 Å². The molecule has 0 atom stereocenters. The molecule has 2 heterocycles. The van der Waals surface area contributed by atoms with Crippen molar-refractivity contribution in [2.24, 2.45) is 0 Å². The summed E-state index contributed by atoms with van der Waals surface area (Å²) in [5.41, 5.74) is 1.56. The zero-order valence-electron chi connectivity index (χ0n) is 15.8. The highest BCUT2D eigenvalue weighted by Crippen LogP contribution is 2.25. The Balaban J connectivity index is 1.59. The Morgan fingerprint density at radius 1 is 1.10 bits per heavy atom. The summed E-state index contributed by atoms with van der Waals surface area (Å²) in [6, 6.07) is 15.1. The normalized spacial score (nSPS) is 11.2. The van der Waals surface area contributed by atoms with Crippen molar-refractivity contribution in [3.05, 3.63) is 69.2 Å². The summed E-state index contributed by atoms with van der Waals surface area (Å²) < 4.78 is 8.54. The Morgan fingerprint density at radius 2 is 1.90 bits per heavy atom. The Kier molecular flexibility index (Phi) is 6.10. The maximum atomic E-state index is 12.9. The number of nitrogens with zero attached hydrogens (tertiary/aromatic N) is 4. The molecule has 0 saturated heterocycles. The fourth-order valence-electron chi connectivity index (χ4n) is 2.92. The van der Waals surface area contributed by atoms with Crippen LogP contribution in [0.15, 0.2) is 67.4 Å². The first kappa shape index (κ1) is 19.8. The molecule has 0 amide bonds. The smallest absolute Gasteiger partial charge is 0.262 e. The molecule has 0 spiro atoms. The second kappa shape index (κ2) is 8.92. The zero-order chi connectivity index (χ0) is 20.2. The third-order valence-electron chi connectivity index (χ3n) is 4.44. The number of hydrogen-bond acceptors (Lipinski definition) is 6. The topological polar surface area (TPSA) is 73.8 Å². The van der Waals surface area contributed by atoms with E-state index in [1.165, 1.54) is 11.8 Å². The van der Waals surface area contributed by atoms with Gasteiger partial charge in [-0.25, -0.2) is 4.98 Å². The average molecular weight is 471 g/mol. The number of hydrogen-bond donors (Lipinski definition) is 0. The fourth-order valence-corrected chi connectivity index (χ4v) is 4.05. The Hall–Kier alpha value is -2.45. The van der Waals surface area contributed by atoms with Crippen LogP contribution < -0.4 is 5.56 Å². The Bertz CT molecular complexity index is 1190. The highest BCUT2D eigenvalue weighted by atomic mass is 79.9. The van der Waals surface area contributed by atoms with E-state index in [1.54, 1.807) is 4.57 Å². The number of thioether (sulfide) groups is 1. The minimum Gasteiger partial charge on any atom is -0.420 e. The van der Waals surface area contributed by atoms with Gasteiger partial charge >= 0.3 is 0 Å². The third-order valence-corrected chi connectivity index (χ3v) is 5.93. The van der Waals surface area contributed by atoms with Crippen LogP contribution in [0, 0.1) is 0 Å². The molecule has 2 aromatic heterocycles. The number of halogens is 1. The van der Waals surface area contributed by atoms with E-state index in [2.05, 4.69) is 33.1 Å². The largest absolute Gasteiger partial charge is 0.420 e. The SMILES string of the molecule is CCCCn1c(SCc2nnc(-c3ccc(Br)cc3)o2)nc2ccccc2c1=O. The lowest BCUT2D eigenvalue weighted by Gasteiger charge is -2.12. The second-order valence-corrected chi connectivity index (χ2v) is 8.38. The van der Waals surface area contributed by atoms with E-state index in [9.17, 15) is 4.79 Å². The summed E-state index contributed by atoms with van der Waals surface area (Å²) in [6.45, 7) is 2.75. The van der Waals surface area contributed by atoms with Gasteiger partial charge in [0.1, 0.15) is 0 Å².